The molecule has 0 unspecified atom stereocenters. The lowest BCUT2D eigenvalue weighted by atomic mass is 10.2. The minimum Gasteiger partial charge on any atom is -0.468 e. The lowest BCUT2D eigenvalue weighted by Crippen LogP contribution is -2.34. The van der Waals surface area contributed by atoms with Crippen LogP contribution in [0.3, 0.4) is 0 Å². The summed E-state index contributed by atoms with van der Waals surface area (Å²) < 4.78 is 7.13. The molecule has 114 valence electrons. The van der Waals surface area contributed by atoms with Gasteiger partial charge in [0.05, 0.1) is 12.3 Å². The average Bonchev–Trinajstić information content (AvgIpc) is 3.16. The van der Waals surface area contributed by atoms with E-state index >= 15 is 0 Å². The molecular weight excluding hydrogens is 282 g/mol. The number of rotatable bonds is 5. The minimum atomic E-state index is -0.232. The van der Waals surface area contributed by atoms with Crippen LogP contribution in [0.15, 0.2) is 47.5 Å². The van der Waals surface area contributed by atoms with Gasteiger partial charge < -0.3 is 9.73 Å². The van der Waals surface area contributed by atoms with Gasteiger partial charge in [0.1, 0.15) is 11.5 Å². The lowest BCUT2D eigenvalue weighted by molar-refractivity contribution is 0.0934. The van der Waals surface area contributed by atoms with Crippen molar-refractivity contribution in [2.75, 3.05) is 20.6 Å². The van der Waals surface area contributed by atoms with Crippen LogP contribution in [0.1, 0.15) is 22.3 Å². The van der Waals surface area contributed by atoms with E-state index in [1.165, 1.54) is 0 Å². The Balaban J connectivity index is 1.71. The fourth-order valence-corrected chi connectivity index (χ4v) is 2.24. The van der Waals surface area contributed by atoms with Crippen molar-refractivity contribution in [2.24, 2.45) is 0 Å². The molecule has 1 atom stereocenters. The van der Waals surface area contributed by atoms with Crippen molar-refractivity contribution in [3.8, 4) is 0 Å². The first-order valence-electron chi connectivity index (χ1n) is 6.93. The molecule has 3 rings (SSSR count). The van der Waals surface area contributed by atoms with Crippen molar-refractivity contribution in [1.29, 1.82) is 0 Å². The summed E-state index contributed by atoms with van der Waals surface area (Å²) in [7, 11) is 3.88. The molecule has 1 amide bonds. The Kier molecular flexibility index (Phi) is 3.88. The molecule has 3 aromatic heterocycles. The molecule has 7 heteroatoms. The smallest absolute Gasteiger partial charge is 0.271 e. The number of hydrogen-bond donors (Lipinski definition) is 1. The van der Waals surface area contributed by atoms with Gasteiger partial charge in [0, 0.05) is 25.1 Å². The van der Waals surface area contributed by atoms with Crippen LogP contribution in [0.5, 0.6) is 0 Å². The molecule has 3 aromatic rings. The number of nitrogens with one attached hydrogen (secondary N) is 1. The molecule has 0 saturated heterocycles. The maximum absolute atomic E-state index is 12.2. The van der Waals surface area contributed by atoms with E-state index in [-0.39, 0.29) is 11.9 Å². The third kappa shape index (κ3) is 2.84. The summed E-state index contributed by atoms with van der Waals surface area (Å²) >= 11 is 0. The number of carbonyl (C=O) groups is 1. The molecule has 0 bridgehead atoms. The molecule has 0 saturated carbocycles. The molecule has 0 fully saturated rings. The number of fused-ring (bicyclic) bond motifs is 1. The summed E-state index contributed by atoms with van der Waals surface area (Å²) in [5.74, 6) is 1.08. The highest BCUT2D eigenvalue weighted by Gasteiger charge is 2.19. The summed E-state index contributed by atoms with van der Waals surface area (Å²) in [6, 6.07) is 5.48. The van der Waals surface area contributed by atoms with Gasteiger partial charge in [0.15, 0.2) is 0 Å². The number of aromatic nitrogens is 3. The van der Waals surface area contributed by atoms with Crippen LogP contribution in [0.25, 0.3) is 5.78 Å². The molecule has 7 nitrogen and oxygen atoms in total. The van der Waals surface area contributed by atoms with Crippen molar-refractivity contribution in [3.63, 3.8) is 0 Å². The zero-order valence-corrected chi connectivity index (χ0v) is 12.4. The van der Waals surface area contributed by atoms with E-state index in [9.17, 15) is 4.79 Å². The summed E-state index contributed by atoms with van der Waals surface area (Å²) in [6.45, 7) is 0.431. The first-order chi connectivity index (χ1) is 10.6. The third-order valence-corrected chi connectivity index (χ3v) is 3.42. The van der Waals surface area contributed by atoms with Crippen LogP contribution in [-0.4, -0.2) is 45.8 Å². The van der Waals surface area contributed by atoms with Gasteiger partial charge in [0.25, 0.3) is 5.91 Å². The molecule has 0 spiro atoms. The molecular formula is C15H17N5O2. The van der Waals surface area contributed by atoms with Crippen LogP contribution >= 0.6 is 0 Å². The Morgan fingerprint density at radius 2 is 2.32 bits per heavy atom. The predicted molar refractivity (Wildman–Crippen MR) is 80.5 cm³/mol. The fourth-order valence-electron chi connectivity index (χ4n) is 2.24. The van der Waals surface area contributed by atoms with Crippen LogP contribution in [0, 0.1) is 0 Å². The van der Waals surface area contributed by atoms with Crippen LogP contribution < -0.4 is 5.32 Å². The molecule has 0 radical (unpaired) electrons. The van der Waals surface area contributed by atoms with Gasteiger partial charge >= 0.3 is 0 Å². The number of furan rings is 1. The highest BCUT2D eigenvalue weighted by molar-refractivity contribution is 5.92. The standard InChI is InChI=1S/C15H17N5O2/c1-19(2)12(13-5-3-8-22-13)9-17-14(21)11-10-20-7-4-6-16-15(20)18-11/h3-8,10,12H,9H2,1-2H3,(H,17,21)/t12-/m0/s1. The number of hydrogen-bond acceptors (Lipinski definition) is 5. The van der Waals surface area contributed by atoms with Crippen LogP contribution in [-0.2, 0) is 0 Å². The largest absolute Gasteiger partial charge is 0.468 e. The SMILES string of the molecule is CN(C)[C@@H](CNC(=O)c1cn2cccnc2n1)c1ccco1. The summed E-state index contributed by atoms with van der Waals surface area (Å²) in [4.78, 5) is 22.5. The Labute approximate surface area is 127 Å². The zero-order chi connectivity index (χ0) is 15.5. The molecule has 0 aliphatic rings. The van der Waals surface area contributed by atoms with Crippen molar-refractivity contribution in [2.45, 2.75) is 6.04 Å². The number of carbonyl (C=O) groups excluding carboxylic acids is 1. The number of likely N-dealkylation sites (N-methyl/N-ethyl adjacent to an activating group) is 1. The first-order valence-corrected chi connectivity index (χ1v) is 6.93. The van der Waals surface area contributed by atoms with Gasteiger partial charge in [-0.05, 0) is 32.3 Å². The van der Waals surface area contributed by atoms with E-state index in [2.05, 4.69) is 15.3 Å². The van der Waals surface area contributed by atoms with E-state index < -0.39 is 0 Å². The van der Waals surface area contributed by atoms with Gasteiger partial charge in [-0.2, -0.15) is 0 Å². The number of amides is 1. The summed E-state index contributed by atoms with van der Waals surface area (Å²) in [6.07, 6.45) is 6.73. The number of nitrogens with zero attached hydrogens (tertiary/aromatic N) is 4. The monoisotopic (exact) mass is 299 g/mol. The van der Waals surface area contributed by atoms with Crippen LogP contribution in [0.2, 0.25) is 0 Å². The van der Waals surface area contributed by atoms with Gasteiger partial charge in [-0.1, -0.05) is 0 Å². The normalized spacial score (nSPS) is 12.7. The topological polar surface area (TPSA) is 75.7 Å². The van der Waals surface area contributed by atoms with E-state index in [0.29, 0.717) is 18.0 Å². The molecule has 0 aliphatic heterocycles. The summed E-state index contributed by atoms with van der Waals surface area (Å²) in [5.41, 5.74) is 0.343. The predicted octanol–water partition coefficient (Wildman–Crippen LogP) is 1.35. The minimum absolute atomic E-state index is 0.0332. The zero-order valence-electron chi connectivity index (χ0n) is 12.4. The third-order valence-electron chi connectivity index (χ3n) is 3.42. The van der Waals surface area contributed by atoms with Gasteiger partial charge in [-0.25, -0.2) is 9.97 Å². The molecule has 0 aromatic carbocycles. The highest BCUT2D eigenvalue weighted by Crippen LogP contribution is 2.17. The molecule has 3 heterocycles. The summed E-state index contributed by atoms with van der Waals surface area (Å²) in [5, 5.41) is 2.89. The maximum atomic E-state index is 12.2. The van der Waals surface area contributed by atoms with Gasteiger partial charge in [-0.15, -0.1) is 0 Å². The second-order valence-electron chi connectivity index (χ2n) is 5.16. The second kappa shape index (κ2) is 5.98. The maximum Gasteiger partial charge on any atom is 0.271 e. The van der Waals surface area contributed by atoms with Crippen molar-refractivity contribution >= 4 is 11.7 Å². The Morgan fingerprint density at radius 3 is 3.00 bits per heavy atom. The Morgan fingerprint density at radius 1 is 1.45 bits per heavy atom. The van der Waals surface area contributed by atoms with Crippen LogP contribution in [0.4, 0.5) is 0 Å². The van der Waals surface area contributed by atoms with E-state index in [1.54, 1.807) is 35.3 Å². The second-order valence-corrected chi connectivity index (χ2v) is 5.16. The van der Waals surface area contributed by atoms with E-state index in [0.717, 1.165) is 5.76 Å². The first kappa shape index (κ1) is 14.3. The lowest BCUT2D eigenvalue weighted by Gasteiger charge is -2.22. The molecule has 22 heavy (non-hydrogen) atoms. The van der Waals surface area contributed by atoms with E-state index in [1.807, 2.05) is 31.1 Å². The Hall–Kier alpha value is -2.67. The van der Waals surface area contributed by atoms with Gasteiger partial charge in [-0.3, -0.25) is 14.1 Å². The molecule has 1 N–H and O–H groups in total. The Bertz CT molecular complexity index is 730. The number of imidazole rings is 1. The molecule has 0 aliphatic carbocycles. The quantitative estimate of drug-likeness (QED) is 0.770. The average molecular weight is 299 g/mol. The van der Waals surface area contributed by atoms with Crippen molar-refractivity contribution in [3.05, 3.63) is 54.5 Å². The van der Waals surface area contributed by atoms with E-state index in [4.69, 9.17) is 4.42 Å². The van der Waals surface area contributed by atoms with Gasteiger partial charge in [0.2, 0.25) is 5.78 Å². The highest BCUT2D eigenvalue weighted by atomic mass is 16.3. The fraction of sp³-hybridized carbons (Fsp3) is 0.267. The van der Waals surface area contributed by atoms with Crippen molar-refractivity contribution in [1.82, 2.24) is 24.6 Å². The van der Waals surface area contributed by atoms with Crippen molar-refractivity contribution < 1.29 is 9.21 Å².